The van der Waals surface area contributed by atoms with Crippen molar-refractivity contribution in [3.05, 3.63) is 176 Å². The van der Waals surface area contributed by atoms with Gasteiger partial charge in [0.25, 0.3) is 0 Å². The van der Waals surface area contributed by atoms with Crippen LogP contribution >= 0.6 is 0 Å². The van der Waals surface area contributed by atoms with Gasteiger partial charge in [0.15, 0.2) is 0 Å². The highest BCUT2D eigenvalue weighted by Gasteiger charge is 2.13. The third kappa shape index (κ3) is 5.91. The molecule has 2 heterocycles. The highest BCUT2D eigenvalue weighted by molar-refractivity contribution is 5.82. The lowest BCUT2D eigenvalue weighted by Crippen LogP contribution is -1.95. The van der Waals surface area contributed by atoms with Gasteiger partial charge in [-0.05, 0) is 64.6 Å². The number of allylic oxidation sites excluding steroid dienone is 6. The molecule has 6 aromatic rings. The van der Waals surface area contributed by atoms with Crippen LogP contribution in [-0.4, -0.2) is 9.97 Å². The van der Waals surface area contributed by atoms with Crippen LogP contribution in [0.1, 0.15) is 12.1 Å². The normalized spacial score (nSPS) is 12.5. The number of hydrogen-bond acceptors (Lipinski definition) is 2. The highest BCUT2D eigenvalue weighted by Crippen LogP contribution is 2.34. The van der Waals surface area contributed by atoms with Crippen LogP contribution in [-0.2, 0) is 0 Å². The SMILES string of the molecule is C1=CC=C(c2cc(-c3cccc(-c4cc(-c5ccccc5)nc(-c5ccccc5)c4)c3)cc(-c3ccccc3)n2)CC=C1. The summed E-state index contributed by atoms with van der Waals surface area (Å²) in [5.74, 6) is 0. The summed E-state index contributed by atoms with van der Waals surface area (Å²) in [5.41, 5.74) is 13.0. The zero-order chi connectivity index (χ0) is 28.8. The number of hydrogen-bond donors (Lipinski definition) is 0. The third-order valence-corrected chi connectivity index (χ3v) is 7.71. The molecule has 1 aliphatic carbocycles. The fourth-order valence-electron chi connectivity index (χ4n) is 5.48. The summed E-state index contributed by atoms with van der Waals surface area (Å²) in [5, 5.41) is 0. The molecule has 0 atom stereocenters. The third-order valence-electron chi connectivity index (χ3n) is 7.71. The Hall–Kier alpha value is -5.60. The zero-order valence-electron chi connectivity index (χ0n) is 23.8. The first-order valence-corrected chi connectivity index (χ1v) is 14.6. The Bertz CT molecular complexity index is 1910. The minimum Gasteiger partial charge on any atom is -0.248 e. The van der Waals surface area contributed by atoms with Crippen molar-refractivity contribution in [2.45, 2.75) is 6.42 Å². The number of aromatic nitrogens is 2. The molecular formula is C41H30N2. The molecule has 204 valence electrons. The first-order chi connectivity index (χ1) is 21.3. The number of rotatable bonds is 6. The lowest BCUT2D eigenvalue weighted by atomic mass is 9.95. The van der Waals surface area contributed by atoms with E-state index in [-0.39, 0.29) is 0 Å². The van der Waals surface area contributed by atoms with E-state index in [1.165, 1.54) is 5.57 Å². The van der Waals surface area contributed by atoms with Crippen LogP contribution in [0.15, 0.2) is 170 Å². The van der Waals surface area contributed by atoms with Crippen LogP contribution in [0.2, 0.25) is 0 Å². The number of pyridine rings is 2. The molecule has 2 nitrogen and oxygen atoms in total. The summed E-state index contributed by atoms with van der Waals surface area (Å²) < 4.78 is 0. The van der Waals surface area contributed by atoms with Gasteiger partial charge in [0, 0.05) is 16.7 Å². The molecule has 0 saturated heterocycles. The van der Waals surface area contributed by atoms with E-state index in [0.29, 0.717) is 0 Å². The Balaban J connectivity index is 1.36. The van der Waals surface area contributed by atoms with E-state index >= 15 is 0 Å². The van der Waals surface area contributed by atoms with Crippen molar-refractivity contribution in [1.29, 1.82) is 0 Å². The van der Waals surface area contributed by atoms with Gasteiger partial charge in [-0.3, -0.25) is 0 Å². The van der Waals surface area contributed by atoms with Gasteiger partial charge in [-0.15, -0.1) is 0 Å². The molecule has 1 aliphatic rings. The predicted molar refractivity (Wildman–Crippen MR) is 180 cm³/mol. The topological polar surface area (TPSA) is 25.8 Å². The van der Waals surface area contributed by atoms with E-state index in [4.69, 9.17) is 9.97 Å². The van der Waals surface area contributed by atoms with E-state index in [2.05, 4.69) is 152 Å². The summed E-state index contributed by atoms with van der Waals surface area (Å²) in [6.45, 7) is 0. The minimum absolute atomic E-state index is 0.846. The van der Waals surface area contributed by atoms with Gasteiger partial charge in [0.2, 0.25) is 0 Å². The fourth-order valence-corrected chi connectivity index (χ4v) is 5.48. The van der Waals surface area contributed by atoms with Gasteiger partial charge in [0.05, 0.1) is 22.8 Å². The molecule has 0 amide bonds. The Kier molecular flexibility index (Phi) is 7.40. The van der Waals surface area contributed by atoms with Crippen molar-refractivity contribution in [3.8, 4) is 56.0 Å². The van der Waals surface area contributed by atoms with Gasteiger partial charge in [-0.25, -0.2) is 9.97 Å². The van der Waals surface area contributed by atoms with E-state index in [9.17, 15) is 0 Å². The summed E-state index contributed by atoms with van der Waals surface area (Å²) in [6, 6.07) is 48.9. The van der Waals surface area contributed by atoms with E-state index in [1.54, 1.807) is 0 Å². The van der Waals surface area contributed by atoms with Crippen molar-refractivity contribution < 1.29 is 0 Å². The summed E-state index contributed by atoms with van der Waals surface area (Å²) in [6.07, 6.45) is 11.5. The monoisotopic (exact) mass is 550 g/mol. The Labute approximate surface area is 253 Å². The van der Waals surface area contributed by atoms with Crippen LogP contribution in [0.3, 0.4) is 0 Å². The van der Waals surface area contributed by atoms with Crippen LogP contribution < -0.4 is 0 Å². The standard InChI is InChI=1S/C41H30N2/c1-2-7-16-30(15-6-1)38-26-36(27-39(42-38)31-17-8-3-9-18-31)34-23-14-24-35(25-34)37-28-40(32-19-10-4-11-20-32)43-41(29-37)33-21-12-5-13-22-33/h1-15,17-29H,16H2. The fraction of sp³-hybridized carbons (Fsp3) is 0.0244. The molecule has 2 heteroatoms. The molecule has 0 unspecified atom stereocenters. The molecule has 0 radical (unpaired) electrons. The molecule has 7 rings (SSSR count). The molecule has 0 aliphatic heterocycles. The van der Waals surface area contributed by atoms with Gasteiger partial charge in [-0.2, -0.15) is 0 Å². The van der Waals surface area contributed by atoms with E-state index < -0.39 is 0 Å². The average molecular weight is 551 g/mol. The Morgan fingerprint density at radius 3 is 1.30 bits per heavy atom. The van der Waals surface area contributed by atoms with E-state index in [0.717, 1.165) is 68.1 Å². The van der Waals surface area contributed by atoms with Crippen molar-refractivity contribution in [2.24, 2.45) is 0 Å². The molecule has 4 aromatic carbocycles. The number of nitrogens with zero attached hydrogens (tertiary/aromatic N) is 2. The van der Waals surface area contributed by atoms with Crippen molar-refractivity contribution in [2.75, 3.05) is 0 Å². The van der Waals surface area contributed by atoms with Crippen LogP contribution in [0.5, 0.6) is 0 Å². The highest BCUT2D eigenvalue weighted by atomic mass is 14.7. The Morgan fingerprint density at radius 1 is 0.349 bits per heavy atom. The molecule has 0 fully saturated rings. The first-order valence-electron chi connectivity index (χ1n) is 14.6. The predicted octanol–water partition coefficient (Wildman–Crippen LogP) is 10.7. The second-order valence-electron chi connectivity index (χ2n) is 10.6. The minimum atomic E-state index is 0.846. The summed E-state index contributed by atoms with van der Waals surface area (Å²) in [4.78, 5) is 10.2. The molecule has 0 N–H and O–H groups in total. The molecule has 43 heavy (non-hydrogen) atoms. The van der Waals surface area contributed by atoms with Gasteiger partial charge < -0.3 is 0 Å². The summed E-state index contributed by atoms with van der Waals surface area (Å²) >= 11 is 0. The second-order valence-corrected chi connectivity index (χ2v) is 10.6. The maximum atomic E-state index is 5.12. The first kappa shape index (κ1) is 26.3. The maximum absolute atomic E-state index is 5.12. The molecule has 0 spiro atoms. The quantitative estimate of drug-likeness (QED) is 0.206. The van der Waals surface area contributed by atoms with Crippen LogP contribution in [0.4, 0.5) is 0 Å². The summed E-state index contributed by atoms with van der Waals surface area (Å²) in [7, 11) is 0. The smallest absolute Gasteiger partial charge is 0.0715 e. The lowest BCUT2D eigenvalue weighted by molar-refractivity contribution is 1.24. The van der Waals surface area contributed by atoms with Crippen LogP contribution in [0, 0.1) is 0 Å². The Morgan fingerprint density at radius 2 is 0.791 bits per heavy atom. The van der Waals surface area contributed by atoms with Crippen molar-refractivity contribution in [3.63, 3.8) is 0 Å². The zero-order valence-corrected chi connectivity index (χ0v) is 23.8. The maximum Gasteiger partial charge on any atom is 0.0715 e. The largest absolute Gasteiger partial charge is 0.248 e. The molecule has 0 bridgehead atoms. The van der Waals surface area contributed by atoms with Gasteiger partial charge in [0.1, 0.15) is 0 Å². The molecule has 0 saturated carbocycles. The van der Waals surface area contributed by atoms with Gasteiger partial charge in [-0.1, -0.05) is 140 Å². The van der Waals surface area contributed by atoms with E-state index in [1.807, 2.05) is 18.2 Å². The molecule has 2 aromatic heterocycles. The van der Waals surface area contributed by atoms with Crippen molar-refractivity contribution >= 4 is 5.57 Å². The lowest BCUT2D eigenvalue weighted by Gasteiger charge is -2.13. The molecular weight excluding hydrogens is 520 g/mol. The average Bonchev–Trinajstić information content (AvgIpc) is 3.39. The van der Waals surface area contributed by atoms with Gasteiger partial charge >= 0.3 is 0 Å². The number of benzene rings is 4. The van der Waals surface area contributed by atoms with Crippen LogP contribution in [0.25, 0.3) is 61.6 Å². The second kappa shape index (κ2) is 12.1. The van der Waals surface area contributed by atoms with Crippen molar-refractivity contribution in [1.82, 2.24) is 9.97 Å².